The Balaban J connectivity index is 1.28. The molecule has 336 valence electrons. The first-order valence-corrected chi connectivity index (χ1v) is 24.2. The highest BCUT2D eigenvalue weighted by atomic mass is 16.6. The van der Waals surface area contributed by atoms with Crippen LogP contribution in [0.2, 0.25) is 0 Å². The van der Waals surface area contributed by atoms with Crippen LogP contribution in [0.15, 0.2) is 11.3 Å². The molecular weight excluding hydrogens is 767 g/mol. The van der Waals surface area contributed by atoms with Crippen LogP contribution in [0, 0.1) is 35.0 Å². The number of fused-ring (bicyclic) bond motifs is 2. The number of hydrogen-bond donors (Lipinski definition) is 3. The molecule has 5 aliphatic carbocycles. The molecular formula is C47H73N3O10. The number of esters is 1. The summed E-state index contributed by atoms with van der Waals surface area (Å²) >= 11 is 0. The van der Waals surface area contributed by atoms with Crippen LogP contribution in [0.3, 0.4) is 0 Å². The van der Waals surface area contributed by atoms with E-state index >= 15 is 14.4 Å². The number of aliphatic hydroxyl groups is 2. The van der Waals surface area contributed by atoms with Crippen LogP contribution in [0.1, 0.15) is 148 Å². The molecule has 6 fully saturated rings. The molecule has 0 bridgehead atoms. The minimum Gasteiger partial charge on any atom is -0.459 e. The van der Waals surface area contributed by atoms with Crippen LogP contribution in [0.5, 0.6) is 0 Å². The number of aliphatic hydroxyl groups excluding tert-OH is 2. The van der Waals surface area contributed by atoms with E-state index in [0.29, 0.717) is 18.5 Å². The molecule has 3 heterocycles. The molecule has 1 spiro atoms. The molecule has 0 aromatic heterocycles. The molecule has 0 aromatic rings. The van der Waals surface area contributed by atoms with Gasteiger partial charge in [0.2, 0.25) is 11.8 Å². The lowest BCUT2D eigenvalue weighted by Gasteiger charge is -2.53. The maximum absolute atomic E-state index is 16.1. The normalized spacial score (nSPS) is 35.3. The van der Waals surface area contributed by atoms with Crippen molar-refractivity contribution in [2.75, 3.05) is 40.1 Å². The van der Waals surface area contributed by atoms with Gasteiger partial charge in [0, 0.05) is 25.4 Å². The zero-order valence-electron chi connectivity index (χ0n) is 36.2. The standard InChI is InChI=1S/C47H73N3O10/c1-57-27-28-59-46(56)49-36-20-12-11-19-35(36)47(45(49)55)38(43(53)48-29-37(52)30-13-5-2-6-14-30)40-44(54)60-41(32-17-9-4-10-18-32)39(31-15-7-3-8-16-31)50(40)42(47)33-21-23-34(24-22-33)58-26-25-51/h30-34,37-42,51-52H,2-29H2,1H3,(H,48,53)/t33?,34?,37-,38+,39+,40+,41-,42-,47+/m0/s1. The first-order chi connectivity index (χ1) is 29.3. The third kappa shape index (κ3) is 8.32. The predicted molar refractivity (Wildman–Crippen MR) is 222 cm³/mol. The van der Waals surface area contributed by atoms with Crippen molar-refractivity contribution >= 4 is 23.9 Å². The van der Waals surface area contributed by atoms with E-state index in [-0.39, 0.29) is 74.9 Å². The molecule has 7 atom stereocenters. The second kappa shape index (κ2) is 19.9. The number of morpholine rings is 1. The van der Waals surface area contributed by atoms with Crippen molar-refractivity contribution in [1.29, 1.82) is 0 Å². The van der Waals surface area contributed by atoms with Gasteiger partial charge in [-0.25, -0.2) is 9.69 Å². The quantitative estimate of drug-likeness (QED) is 0.144. The number of amides is 3. The molecule has 8 aliphatic rings. The Morgan fingerprint density at radius 2 is 1.45 bits per heavy atom. The number of hydrogen-bond acceptors (Lipinski definition) is 11. The van der Waals surface area contributed by atoms with Crippen molar-refractivity contribution in [2.45, 2.75) is 184 Å². The van der Waals surface area contributed by atoms with Crippen molar-refractivity contribution in [3.63, 3.8) is 0 Å². The Kier molecular flexibility index (Phi) is 14.6. The van der Waals surface area contributed by atoms with Gasteiger partial charge in [0.25, 0.3) is 0 Å². The number of methoxy groups -OCH3 is 1. The third-order valence-electron chi connectivity index (χ3n) is 16.4. The second-order valence-corrected chi connectivity index (χ2v) is 19.6. The van der Waals surface area contributed by atoms with Gasteiger partial charge in [-0.1, -0.05) is 57.8 Å². The van der Waals surface area contributed by atoms with E-state index in [4.69, 9.17) is 18.9 Å². The van der Waals surface area contributed by atoms with Crippen molar-refractivity contribution in [1.82, 2.24) is 15.1 Å². The molecule has 13 nitrogen and oxygen atoms in total. The van der Waals surface area contributed by atoms with Crippen LogP contribution in [-0.4, -0.2) is 120 Å². The summed E-state index contributed by atoms with van der Waals surface area (Å²) in [7, 11) is 1.53. The molecule has 3 amide bonds. The molecule has 13 heteroatoms. The number of imide groups is 1. The number of nitrogens with zero attached hydrogens (tertiary/aromatic N) is 2. The van der Waals surface area contributed by atoms with Gasteiger partial charge in [0.1, 0.15) is 24.2 Å². The average molecular weight is 840 g/mol. The summed E-state index contributed by atoms with van der Waals surface area (Å²) in [5, 5.41) is 24.2. The predicted octanol–water partition coefficient (Wildman–Crippen LogP) is 6.17. The Morgan fingerprint density at radius 1 is 0.800 bits per heavy atom. The van der Waals surface area contributed by atoms with Crippen molar-refractivity contribution in [3.05, 3.63) is 11.3 Å². The highest BCUT2D eigenvalue weighted by molar-refractivity contribution is 6.07. The fraction of sp³-hybridized carbons (Fsp3) is 0.872. The van der Waals surface area contributed by atoms with E-state index < -0.39 is 53.4 Å². The zero-order chi connectivity index (χ0) is 41.8. The number of nitrogens with one attached hydrogen (secondary N) is 1. The van der Waals surface area contributed by atoms with E-state index in [9.17, 15) is 15.0 Å². The summed E-state index contributed by atoms with van der Waals surface area (Å²) in [5.74, 6) is -2.04. The summed E-state index contributed by atoms with van der Waals surface area (Å²) in [4.78, 5) is 64.9. The number of ether oxygens (including phenoxy) is 4. The van der Waals surface area contributed by atoms with Crippen LogP contribution in [-0.2, 0) is 33.3 Å². The number of allylic oxidation sites excluding steroid dienone is 1. The molecule has 2 saturated heterocycles. The van der Waals surface area contributed by atoms with Crippen molar-refractivity contribution in [3.8, 4) is 0 Å². The monoisotopic (exact) mass is 840 g/mol. The largest absolute Gasteiger partial charge is 0.459 e. The van der Waals surface area contributed by atoms with Gasteiger partial charge in [0.15, 0.2) is 0 Å². The summed E-state index contributed by atoms with van der Waals surface area (Å²) in [5.41, 5.74) is -0.0694. The number of rotatable bonds is 13. The fourth-order valence-corrected chi connectivity index (χ4v) is 13.8. The highest BCUT2D eigenvalue weighted by Crippen LogP contribution is 2.64. The first-order valence-electron chi connectivity index (χ1n) is 24.2. The number of carbonyl (C=O) groups excluding carboxylic acids is 4. The van der Waals surface area contributed by atoms with E-state index in [2.05, 4.69) is 10.2 Å². The summed E-state index contributed by atoms with van der Waals surface area (Å²) in [6, 6.07) is -1.74. The van der Waals surface area contributed by atoms with Crippen LogP contribution >= 0.6 is 0 Å². The zero-order valence-corrected chi connectivity index (χ0v) is 36.2. The topological polar surface area (TPSA) is 164 Å². The minimum atomic E-state index is -1.52. The third-order valence-corrected chi connectivity index (χ3v) is 16.4. The Hall–Kier alpha value is -2.58. The Bertz CT molecular complexity index is 1550. The average Bonchev–Trinajstić information content (AvgIpc) is 3.75. The minimum absolute atomic E-state index is 0.0210. The van der Waals surface area contributed by atoms with Gasteiger partial charge >= 0.3 is 12.1 Å². The molecule has 0 unspecified atom stereocenters. The SMILES string of the molecule is COCCOC(=O)N1C(=O)[C@@]2(C3=C1CCCC3)[C@H](C1CCC(OCCO)CC1)N1[C@H](C3CCCCC3)[C@H](C3CCCCC3)OC(=O)[C@H]1[C@@H]2C(=O)NC[C@H](O)C1CCCCC1. The molecule has 8 rings (SSSR count). The smallest absolute Gasteiger partial charge is 0.421 e. The van der Waals surface area contributed by atoms with Crippen LogP contribution in [0.4, 0.5) is 4.79 Å². The summed E-state index contributed by atoms with van der Waals surface area (Å²) < 4.78 is 23.9. The van der Waals surface area contributed by atoms with Crippen molar-refractivity contribution in [2.24, 2.45) is 35.0 Å². The van der Waals surface area contributed by atoms with Gasteiger partial charge in [-0.2, -0.15) is 0 Å². The van der Waals surface area contributed by atoms with Gasteiger partial charge in [-0.3, -0.25) is 19.3 Å². The lowest BCUT2D eigenvalue weighted by atomic mass is 9.60. The van der Waals surface area contributed by atoms with Crippen molar-refractivity contribution < 1.29 is 48.3 Å². The number of carbonyl (C=O) groups is 4. The second-order valence-electron chi connectivity index (χ2n) is 19.6. The molecule has 4 saturated carbocycles. The number of cyclic esters (lactones) is 1. The van der Waals surface area contributed by atoms with E-state index in [1.165, 1.54) is 18.4 Å². The Labute approximate surface area is 357 Å². The van der Waals surface area contributed by atoms with E-state index in [1.807, 2.05) is 0 Å². The highest BCUT2D eigenvalue weighted by Gasteiger charge is 2.77. The van der Waals surface area contributed by atoms with Gasteiger partial charge < -0.3 is 34.5 Å². The molecule has 0 radical (unpaired) electrons. The Morgan fingerprint density at radius 3 is 2.12 bits per heavy atom. The molecule has 3 aliphatic heterocycles. The van der Waals surface area contributed by atoms with Crippen LogP contribution < -0.4 is 5.32 Å². The molecule has 60 heavy (non-hydrogen) atoms. The molecule has 3 N–H and O–H groups in total. The van der Waals surface area contributed by atoms with Crippen LogP contribution in [0.25, 0.3) is 0 Å². The van der Waals surface area contributed by atoms with Gasteiger partial charge in [-0.05, 0) is 119 Å². The fourth-order valence-electron chi connectivity index (χ4n) is 13.8. The lowest BCUT2D eigenvalue weighted by molar-refractivity contribution is -0.190. The molecule has 0 aromatic carbocycles. The van der Waals surface area contributed by atoms with Gasteiger partial charge in [0.05, 0.1) is 44.0 Å². The maximum Gasteiger partial charge on any atom is 0.421 e. The lowest BCUT2D eigenvalue weighted by Crippen LogP contribution is -2.66. The van der Waals surface area contributed by atoms with E-state index in [1.54, 1.807) is 0 Å². The van der Waals surface area contributed by atoms with E-state index in [0.717, 1.165) is 134 Å². The summed E-state index contributed by atoms with van der Waals surface area (Å²) in [6.07, 6.45) is 19.4. The maximum atomic E-state index is 16.1. The van der Waals surface area contributed by atoms with Gasteiger partial charge in [-0.15, -0.1) is 0 Å². The summed E-state index contributed by atoms with van der Waals surface area (Å²) in [6.45, 7) is 0.404. The first kappa shape index (κ1) is 44.0.